The monoisotopic (exact) mass is 157 g/mol. The zero-order valence-electron chi connectivity index (χ0n) is 5.71. The van der Waals surface area contributed by atoms with Crippen LogP contribution in [0, 0.1) is 0 Å². The Bertz CT molecular complexity index is 162. The van der Waals surface area contributed by atoms with Crippen LogP contribution in [0.1, 0.15) is 4.88 Å². The maximum Gasteiger partial charge on any atom is 0.0556 e. The number of aliphatic hydroxyl groups is 1. The van der Waals surface area contributed by atoms with Crippen LogP contribution in [0.15, 0.2) is 17.5 Å². The van der Waals surface area contributed by atoms with Crippen molar-refractivity contribution >= 4 is 11.3 Å². The number of rotatable bonds is 4. The minimum Gasteiger partial charge on any atom is -0.395 e. The summed E-state index contributed by atoms with van der Waals surface area (Å²) in [6.07, 6.45) is 0. The second-order valence-corrected chi connectivity index (χ2v) is 3.01. The first-order chi connectivity index (χ1) is 4.93. The first-order valence-electron chi connectivity index (χ1n) is 3.27. The predicted molar refractivity (Wildman–Crippen MR) is 43.1 cm³/mol. The van der Waals surface area contributed by atoms with E-state index in [2.05, 4.69) is 16.8 Å². The van der Waals surface area contributed by atoms with Crippen molar-refractivity contribution in [1.82, 2.24) is 5.32 Å². The molecule has 0 atom stereocenters. The Morgan fingerprint density at radius 3 is 3.10 bits per heavy atom. The third-order valence-corrected chi connectivity index (χ3v) is 2.04. The van der Waals surface area contributed by atoms with Crippen LogP contribution in [-0.4, -0.2) is 18.3 Å². The van der Waals surface area contributed by atoms with Crippen LogP contribution >= 0.6 is 11.3 Å². The Morgan fingerprint density at radius 1 is 1.60 bits per heavy atom. The summed E-state index contributed by atoms with van der Waals surface area (Å²) in [5, 5.41) is 13.6. The van der Waals surface area contributed by atoms with E-state index < -0.39 is 0 Å². The van der Waals surface area contributed by atoms with Crippen molar-refractivity contribution in [1.29, 1.82) is 0 Å². The molecule has 0 fully saturated rings. The molecule has 0 bridgehead atoms. The summed E-state index contributed by atoms with van der Waals surface area (Å²) in [5.41, 5.74) is 0. The molecule has 0 aromatic carbocycles. The molecular formula is C7H11NOS. The van der Waals surface area contributed by atoms with Gasteiger partial charge in [0.2, 0.25) is 0 Å². The van der Waals surface area contributed by atoms with Gasteiger partial charge in [0.05, 0.1) is 6.61 Å². The molecule has 0 spiro atoms. The normalized spacial score (nSPS) is 10.1. The Labute approximate surface area is 64.5 Å². The zero-order valence-corrected chi connectivity index (χ0v) is 6.53. The molecule has 1 aromatic heterocycles. The average Bonchev–Trinajstić information content (AvgIpc) is 2.41. The van der Waals surface area contributed by atoms with E-state index in [1.165, 1.54) is 4.88 Å². The topological polar surface area (TPSA) is 32.3 Å². The summed E-state index contributed by atoms with van der Waals surface area (Å²) in [5.74, 6) is 0. The van der Waals surface area contributed by atoms with Gasteiger partial charge in [0.25, 0.3) is 0 Å². The third-order valence-electron chi connectivity index (χ3n) is 1.17. The molecule has 0 saturated carbocycles. The van der Waals surface area contributed by atoms with Crippen LogP contribution in [0.2, 0.25) is 0 Å². The van der Waals surface area contributed by atoms with E-state index in [9.17, 15) is 0 Å². The molecule has 0 aliphatic rings. The lowest BCUT2D eigenvalue weighted by molar-refractivity contribution is 0.292. The van der Waals surface area contributed by atoms with Gasteiger partial charge in [-0.3, -0.25) is 0 Å². The summed E-state index contributed by atoms with van der Waals surface area (Å²) >= 11 is 1.73. The maximum atomic E-state index is 8.44. The van der Waals surface area contributed by atoms with Gasteiger partial charge in [-0.15, -0.1) is 11.3 Å². The molecular weight excluding hydrogens is 146 g/mol. The van der Waals surface area contributed by atoms with Gasteiger partial charge in [-0.1, -0.05) is 6.07 Å². The fourth-order valence-corrected chi connectivity index (χ4v) is 1.38. The van der Waals surface area contributed by atoms with E-state index in [4.69, 9.17) is 5.11 Å². The Balaban J connectivity index is 2.15. The molecule has 2 nitrogen and oxygen atoms in total. The van der Waals surface area contributed by atoms with E-state index in [0.29, 0.717) is 6.54 Å². The van der Waals surface area contributed by atoms with Gasteiger partial charge in [0.15, 0.2) is 0 Å². The van der Waals surface area contributed by atoms with E-state index >= 15 is 0 Å². The second-order valence-electron chi connectivity index (χ2n) is 1.98. The lowest BCUT2D eigenvalue weighted by atomic mass is 10.4. The number of nitrogens with one attached hydrogen (secondary N) is 1. The molecule has 2 N–H and O–H groups in total. The smallest absolute Gasteiger partial charge is 0.0556 e. The predicted octanol–water partition coefficient (Wildman–Crippen LogP) is 0.830. The first kappa shape index (κ1) is 7.72. The standard InChI is InChI=1S/C7H11NOS/c9-4-3-8-6-7-2-1-5-10-7/h1-2,5,8-9H,3-4,6H2. The molecule has 0 saturated heterocycles. The van der Waals surface area contributed by atoms with Gasteiger partial charge in [-0.2, -0.15) is 0 Å². The largest absolute Gasteiger partial charge is 0.395 e. The molecule has 0 amide bonds. The van der Waals surface area contributed by atoms with E-state index in [1.807, 2.05) is 6.07 Å². The fourth-order valence-electron chi connectivity index (χ4n) is 0.704. The summed E-state index contributed by atoms with van der Waals surface area (Å²) in [7, 11) is 0. The Kier molecular flexibility index (Phi) is 3.43. The highest BCUT2D eigenvalue weighted by atomic mass is 32.1. The van der Waals surface area contributed by atoms with Crippen molar-refractivity contribution in [2.45, 2.75) is 6.54 Å². The number of hydrogen-bond donors (Lipinski definition) is 2. The molecule has 3 heteroatoms. The first-order valence-corrected chi connectivity index (χ1v) is 4.15. The van der Waals surface area contributed by atoms with Crippen molar-refractivity contribution < 1.29 is 5.11 Å². The summed E-state index contributed by atoms with van der Waals surface area (Å²) in [6.45, 7) is 1.77. The number of hydrogen-bond acceptors (Lipinski definition) is 3. The SMILES string of the molecule is OCCNCc1cccs1. The summed E-state index contributed by atoms with van der Waals surface area (Å²) in [4.78, 5) is 1.31. The zero-order chi connectivity index (χ0) is 7.23. The van der Waals surface area contributed by atoms with Crippen LogP contribution in [-0.2, 0) is 6.54 Å². The molecule has 1 rings (SSSR count). The second kappa shape index (κ2) is 4.44. The van der Waals surface area contributed by atoms with Crippen molar-refractivity contribution in [3.63, 3.8) is 0 Å². The Morgan fingerprint density at radius 2 is 2.50 bits per heavy atom. The minimum atomic E-state index is 0.214. The maximum absolute atomic E-state index is 8.44. The molecule has 1 heterocycles. The lowest BCUT2D eigenvalue weighted by Gasteiger charge is -1.97. The molecule has 0 unspecified atom stereocenters. The van der Waals surface area contributed by atoms with Crippen LogP contribution < -0.4 is 5.32 Å². The van der Waals surface area contributed by atoms with Crippen LogP contribution in [0.5, 0.6) is 0 Å². The lowest BCUT2D eigenvalue weighted by Crippen LogP contribution is -2.16. The average molecular weight is 157 g/mol. The molecule has 0 aliphatic carbocycles. The third kappa shape index (κ3) is 2.47. The van der Waals surface area contributed by atoms with Gasteiger partial charge in [-0.25, -0.2) is 0 Å². The van der Waals surface area contributed by atoms with Crippen molar-refractivity contribution in [2.75, 3.05) is 13.2 Å². The van der Waals surface area contributed by atoms with Gasteiger partial charge >= 0.3 is 0 Å². The quantitative estimate of drug-likeness (QED) is 0.634. The Hall–Kier alpha value is -0.380. The molecule has 0 aliphatic heterocycles. The highest BCUT2D eigenvalue weighted by Gasteiger charge is 1.89. The molecule has 0 radical (unpaired) electrons. The van der Waals surface area contributed by atoms with E-state index in [0.717, 1.165) is 6.54 Å². The minimum absolute atomic E-state index is 0.214. The highest BCUT2D eigenvalue weighted by molar-refractivity contribution is 7.09. The van der Waals surface area contributed by atoms with Crippen molar-refractivity contribution in [3.05, 3.63) is 22.4 Å². The van der Waals surface area contributed by atoms with E-state index in [-0.39, 0.29) is 6.61 Å². The number of aliphatic hydroxyl groups excluding tert-OH is 1. The van der Waals surface area contributed by atoms with Gasteiger partial charge < -0.3 is 10.4 Å². The molecule has 1 aromatic rings. The molecule has 10 heavy (non-hydrogen) atoms. The molecule has 56 valence electrons. The van der Waals surface area contributed by atoms with Crippen LogP contribution in [0.4, 0.5) is 0 Å². The summed E-state index contributed by atoms with van der Waals surface area (Å²) in [6, 6.07) is 4.11. The van der Waals surface area contributed by atoms with Crippen LogP contribution in [0.25, 0.3) is 0 Å². The van der Waals surface area contributed by atoms with Crippen molar-refractivity contribution in [3.8, 4) is 0 Å². The summed E-state index contributed by atoms with van der Waals surface area (Å²) < 4.78 is 0. The van der Waals surface area contributed by atoms with Crippen molar-refractivity contribution in [2.24, 2.45) is 0 Å². The van der Waals surface area contributed by atoms with Gasteiger partial charge in [0.1, 0.15) is 0 Å². The number of thiophene rings is 1. The van der Waals surface area contributed by atoms with E-state index in [1.54, 1.807) is 11.3 Å². The fraction of sp³-hybridized carbons (Fsp3) is 0.429. The van der Waals surface area contributed by atoms with Gasteiger partial charge in [-0.05, 0) is 11.4 Å². The highest BCUT2D eigenvalue weighted by Crippen LogP contribution is 2.06. The van der Waals surface area contributed by atoms with Gasteiger partial charge in [0, 0.05) is 18.0 Å². The van der Waals surface area contributed by atoms with Crippen LogP contribution in [0.3, 0.4) is 0 Å².